The molecule has 4 aliphatic carbocycles. The molecule has 17 heavy (non-hydrogen) atoms. The lowest BCUT2D eigenvalue weighted by molar-refractivity contribution is 0.268. The summed E-state index contributed by atoms with van der Waals surface area (Å²) in [4.78, 5) is 0. The van der Waals surface area contributed by atoms with Crippen LogP contribution < -0.4 is 0 Å². The normalized spacial score (nSPS) is 43.3. The Labute approximate surface area is 104 Å². The smallest absolute Gasteiger partial charge is 0.00997 e. The average Bonchev–Trinajstić information content (AvgIpc) is 2.85. The van der Waals surface area contributed by atoms with Crippen LogP contribution in [0, 0.1) is 23.7 Å². The van der Waals surface area contributed by atoms with Crippen LogP contribution in [0.5, 0.6) is 0 Å². The number of hydrogen-bond acceptors (Lipinski definition) is 0. The predicted molar refractivity (Wildman–Crippen MR) is 71.6 cm³/mol. The van der Waals surface area contributed by atoms with Gasteiger partial charge in [0.1, 0.15) is 0 Å². The van der Waals surface area contributed by atoms with Gasteiger partial charge < -0.3 is 0 Å². The number of rotatable bonds is 0. The summed E-state index contributed by atoms with van der Waals surface area (Å²) in [5, 5.41) is 0. The van der Waals surface area contributed by atoms with Crippen LogP contribution in [0.3, 0.4) is 0 Å². The van der Waals surface area contributed by atoms with Crippen LogP contribution in [0.4, 0.5) is 0 Å². The number of hydrogen-bond donors (Lipinski definition) is 0. The van der Waals surface area contributed by atoms with Crippen molar-refractivity contribution in [3.8, 4) is 0 Å². The molecule has 90 valence electrons. The molecule has 0 heteroatoms. The van der Waals surface area contributed by atoms with Gasteiger partial charge in [-0.1, -0.05) is 29.9 Å². The summed E-state index contributed by atoms with van der Waals surface area (Å²) in [6, 6.07) is 0. The lowest BCUT2D eigenvalue weighted by Crippen LogP contribution is -2.30. The van der Waals surface area contributed by atoms with Crippen molar-refractivity contribution < 1.29 is 0 Å². The molecule has 0 amide bonds. The van der Waals surface area contributed by atoms with Crippen LogP contribution in [0.15, 0.2) is 35.5 Å². The van der Waals surface area contributed by atoms with Gasteiger partial charge in [-0.15, -0.1) is 0 Å². The molecule has 0 heterocycles. The SMILES string of the molecule is C1=CC2CCC3CC4CCCC=C4C=C3[C@H]2C1. The highest BCUT2D eigenvalue weighted by Gasteiger charge is 2.39. The molecule has 4 aliphatic rings. The van der Waals surface area contributed by atoms with E-state index in [0.717, 1.165) is 23.7 Å². The van der Waals surface area contributed by atoms with Gasteiger partial charge in [0.25, 0.3) is 0 Å². The highest BCUT2D eigenvalue weighted by molar-refractivity contribution is 5.36. The minimum Gasteiger partial charge on any atom is -0.0876 e. The summed E-state index contributed by atoms with van der Waals surface area (Å²) in [5.41, 5.74) is 3.53. The molecular formula is C17H22. The van der Waals surface area contributed by atoms with Crippen LogP contribution >= 0.6 is 0 Å². The Hall–Kier alpha value is -0.780. The molecular weight excluding hydrogens is 204 g/mol. The second kappa shape index (κ2) is 3.86. The first kappa shape index (κ1) is 10.2. The first-order valence-corrected chi connectivity index (χ1v) is 7.50. The quantitative estimate of drug-likeness (QED) is 0.528. The largest absolute Gasteiger partial charge is 0.0876 e. The Morgan fingerprint density at radius 3 is 3.06 bits per heavy atom. The summed E-state index contributed by atoms with van der Waals surface area (Å²) >= 11 is 0. The zero-order chi connectivity index (χ0) is 11.2. The molecule has 0 spiro atoms. The van der Waals surface area contributed by atoms with E-state index in [2.05, 4.69) is 24.3 Å². The lowest BCUT2D eigenvalue weighted by Gasteiger charge is -2.41. The maximum absolute atomic E-state index is 2.63. The molecule has 1 saturated carbocycles. The topological polar surface area (TPSA) is 0 Å². The second-order valence-electron chi connectivity index (χ2n) is 6.42. The summed E-state index contributed by atoms with van der Waals surface area (Å²) < 4.78 is 0. The standard InChI is InChI=1S/C17H22/c1-2-5-14-11-17-15(10-13(14)4-1)9-8-12-6-3-7-16(12)17/h3,5-6,11-13,15-16H,1-2,4,7-10H2/t12?,13?,15?,16-/m0/s1. The van der Waals surface area contributed by atoms with Gasteiger partial charge in [0.05, 0.1) is 0 Å². The van der Waals surface area contributed by atoms with E-state index in [1.54, 1.807) is 5.57 Å². The first-order chi connectivity index (χ1) is 8.42. The fourth-order valence-corrected chi connectivity index (χ4v) is 4.66. The van der Waals surface area contributed by atoms with Crippen LogP contribution in [-0.4, -0.2) is 0 Å². The Balaban J connectivity index is 1.70. The zero-order valence-electron chi connectivity index (χ0n) is 10.6. The molecule has 0 aliphatic heterocycles. The highest BCUT2D eigenvalue weighted by atomic mass is 14.4. The predicted octanol–water partition coefficient (Wildman–Crippen LogP) is 4.65. The van der Waals surface area contributed by atoms with E-state index < -0.39 is 0 Å². The lowest BCUT2D eigenvalue weighted by atomic mass is 9.63. The molecule has 0 saturated heterocycles. The van der Waals surface area contributed by atoms with Crippen LogP contribution in [0.2, 0.25) is 0 Å². The second-order valence-corrected chi connectivity index (χ2v) is 6.42. The molecule has 0 bridgehead atoms. The van der Waals surface area contributed by atoms with E-state index in [1.165, 1.54) is 44.9 Å². The van der Waals surface area contributed by atoms with E-state index in [4.69, 9.17) is 0 Å². The third kappa shape index (κ3) is 1.57. The van der Waals surface area contributed by atoms with Crippen molar-refractivity contribution in [3.05, 3.63) is 35.5 Å². The fraction of sp³-hybridized carbons (Fsp3) is 0.647. The monoisotopic (exact) mass is 226 g/mol. The van der Waals surface area contributed by atoms with Gasteiger partial charge in [-0.25, -0.2) is 0 Å². The minimum absolute atomic E-state index is 0.887. The van der Waals surface area contributed by atoms with Crippen molar-refractivity contribution >= 4 is 0 Å². The van der Waals surface area contributed by atoms with Gasteiger partial charge in [0.2, 0.25) is 0 Å². The van der Waals surface area contributed by atoms with E-state index in [0.29, 0.717) is 0 Å². The average molecular weight is 226 g/mol. The van der Waals surface area contributed by atoms with Gasteiger partial charge >= 0.3 is 0 Å². The van der Waals surface area contributed by atoms with Crippen molar-refractivity contribution in [1.82, 2.24) is 0 Å². The number of allylic oxidation sites excluding steroid dienone is 6. The molecule has 0 aromatic heterocycles. The summed E-state index contributed by atoms with van der Waals surface area (Å²) in [6.07, 6.45) is 20.0. The Bertz CT molecular complexity index is 410. The van der Waals surface area contributed by atoms with Crippen LogP contribution in [-0.2, 0) is 0 Å². The molecule has 3 unspecified atom stereocenters. The third-order valence-electron chi connectivity index (χ3n) is 5.55. The van der Waals surface area contributed by atoms with Crippen LogP contribution in [0.25, 0.3) is 0 Å². The highest BCUT2D eigenvalue weighted by Crippen LogP contribution is 2.51. The maximum atomic E-state index is 2.63. The first-order valence-electron chi connectivity index (χ1n) is 7.50. The van der Waals surface area contributed by atoms with Crippen molar-refractivity contribution in [3.63, 3.8) is 0 Å². The molecule has 0 aromatic carbocycles. The van der Waals surface area contributed by atoms with Crippen molar-refractivity contribution in [2.45, 2.75) is 44.9 Å². The van der Waals surface area contributed by atoms with Crippen LogP contribution in [0.1, 0.15) is 44.9 Å². The maximum Gasteiger partial charge on any atom is -0.00997 e. The fourth-order valence-electron chi connectivity index (χ4n) is 4.66. The summed E-state index contributed by atoms with van der Waals surface area (Å²) in [5.74, 6) is 3.63. The summed E-state index contributed by atoms with van der Waals surface area (Å²) in [7, 11) is 0. The molecule has 4 atom stereocenters. The van der Waals surface area contributed by atoms with Crippen molar-refractivity contribution in [1.29, 1.82) is 0 Å². The van der Waals surface area contributed by atoms with Gasteiger partial charge in [-0.05, 0) is 74.2 Å². The molecule has 0 N–H and O–H groups in total. The van der Waals surface area contributed by atoms with Gasteiger partial charge in [0.15, 0.2) is 0 Å². The van der Waals surface area contributed by atoms with Gasteiger partial charge in [0, 0.05) is 0 Å². The van der Waals surface area contributed by atoms with Gasteiger partial charge in [-0.3, -0.25) is 0 Å². The van der Waals surface area contributed by atoms with E-state index >= 15 is 0 Å². The van der Waals surface area contributed by atoms with E-state index in [9.17, 15) is 0 Å². The zero-order valence-corrected chi connectivity index (χ0v) is 10.6. The molecule has 0 radical (unpaired) electrons. The Morgan fingerprint density at radius 2 is 2.06 bits per heavy atom. The Morgan fingerprint density at radius 1 is 1.06 bits per heavy atom. The van der Waals surface area contributed by atoms with Crippen molar-refractivity contribution in [2.75, 3.05) is 0 Å². The Kier molecular flexibility index (Phi) is 2.31. The molecule has 0 nitrogen and oxygen atoms in total. The van der Waals surface area contributed by atoms with E-state index in [-0.39, 0.29) is 0 Å². The molecule has 4 rings (SSSR count). The van der Waals surface area contributed by atoms with E-state index in [1.807, 2.05) is 5.57 Å². The third-order valence-corrected chi connectivity index (χ3v) is 5.55. The minimum atomic E-state index is 0.887. The molecule has 0 aromatic rings. The van der Waals surface area contributed by atoms with Crippen molar-refractivity contribution in [2.24, 2.45) is 23.7 Å². The molecule has 1 fully saturated rings. The number of fused-ring (bicyclic) bond motifs is 4. The summed E-state index contributed by atoms with van der Waals surface area (Å²) in [6.45, 7) is 0. The van der Waals surface area contributed by atoms with Gasteiger partial charge in [-0.2, -0.15) is 0 Å².